The second-order valence-corrected chi connectivity index (χ2v) is 8.35. The lowest BCUT2D eigenvalue weighted by Gasteiger charge is -2.35. The van der Waals surface area contributed by atoms with E-state index in [9.17, 15) is 4.79 Å². The van der Waals surface area contributed by atoms with Gasteiger partial charge in [-0.2, -0.15) is 0 Å². The van der Waals surface area contributed by atoms with E-state index in [0.29, 0.717) is 16.9 Å². The van der Waals surface area contributed by atoms with E-state index in [1.165, 1.54) is 0 Å². The number of rotatable bonds is 2. The zero-order chi connectivity index (χ0) is 15.7. The minimum atomic E-state index is 0.0668. The highest BCUT2D eigenvalue weighted by molar-refractivity contribution is 8.14. The molecular weight excluding hydrogens is 316 g/mol. The fourth-order valence-corrected chi connectivity index (χ4v) is 4.35. The van der Waals surface area contributed by atoms with Crippen LogP contribution in [0.25, 0.3) is 0 Å². The zero-order valence-corrected chi connectivity index (χ0v) is 14.9. The molecule has 1 unspecified atom stereocenters. The largest absolute Gasteiger partial charge is 0.348 e. The van der Waals surface area contributed by atoms with Crippen LogP contribution in [0.5, 0.6) is 0 Å². The van der Waals surface area contributed by atoms with Gasteiger partial charge in [0.05, 0.1) is 11.6 Å². The number of carbonyl (C=O) groups excluding carboxylic acids is 1. The van der Waals surface area contributed by atoms with E-state index in [1.54, 1.807) is 11.3 Å². The Hall–Kier alpha value is -1.08. The molecule has 0 saturated carbocycles. The fourth-order valence-electron chi connectivity index (χ4n) is 2.55. The van der Waals surface area contributed by atoms with Crippen molar-refractivity contribution in [3.8, 4) is 0 Å². The summed E-state index contributed by atoms with van der Waals surface area (Å²) in [7, 11) is 0. The van der Waals surface area contributed by atoms with Gasteiger partial charge in [0.25, 0.3) is 5.91 Å². The second-order valence-electron chi connectivity index (χ2n) is 6.06. The lowest BCUT2D eigenvalue weighted by atomic mass is 10.2. The molecule has 1 aromatic rings. The van der Waals surface area contributed by atoms with Crippen molar-refractivity contribution in [2.24, 2.45) is 4.99 Å². The first-order valence-electron chi connectivity index (χ1n) is 7.75. The average molecular weight is 339 g/mol. The Labute approximate surface area is 139 Å². The van der Waals surface area contributed by atoms with E-state index < -0.39 is 0 Å². The first-order valence-corrected chi connectivity index (χ1v) is 9.51. The highest BCUT2D eigenvalue weighted by Gasteiger charge is 2.28. The SMILES string of the molecule is CC1CN=C(N2CCN(C(=O)c3csc(C(C)C)n3)CC2)S1. The Bertz CT molecular complexity index is 576. The Balaban J connectivity index is 1.57. The third kappa shape index (κ3) is 3.30. The van der Waals surface area contributed by atoms with Gasteiger partial charge < -0.3 is 9.80 Å². The third-order valence-electron chi connectivity index (χ3n) is 3.86. The first kappa shape index (κ1) is 15.8. The molecule has 7 heteroatoms. The minimum Gasteiger partial charge on any atom is -0.348 e. The van der Waals surface area contributed by atoms with E-state index in [2.05, 4.69) is 35.6 Å². The third-order valence-corrected chi connectivity index (χ3v) is 6.16. The molecule has 0 bridgehead atoms. The summed E-state index contributed by atoms with van der Waals surface area (Å²) in [6.07, 6.45) is 0. The molecule has 3 rings (SSSR count). The van der Waals surface area contributed by atoms with Crippen LogP contribution in [0.2, 0.25) is 0 Å². The van der Waals surface area contributed by atoms with Gasteiger partial charge in [0.15, 0.2) is 5.17 Å². The summed E-state index contributed by atoms with van der Waals surface area (Å²) in [6, 6.07) is 0. The standard InChI is InChI=1S/C15H22N4OS2/c1-10(2)13-17-12(9-21-13)14(20)18-4-6-19(7-5-18)15-16-8-11(3)22-15/h9-11H,4-8H2,1-3H3. The van der Waals surface area contributed by atoms with Gasteiger partial charge in [0, 0.05) is 42.7 Å². The molecule has 22 heavy (non-hydrogen) atoms. The highest BCUT2D eigenvalue weighted by atomic mass is 32.2. The van der Waals surface area contributed by atoms with Crippen molar-refractivity contribution >= 4 is 34.2 Å². The molecule has 2 aliphatic rings. The Morgan fingerprint density at radius 2 is 2.05 bits per heavy atom. The van der Waals surface area contributed by atoms with E-state index in [0.717, 1.165) is 42.9 Å². The maximum Gasteiger partial charge on any atom is 0.273 e. The molecule has 2 aliphatic heterocycles. The number of aliphatic imine (C=N–C) groups is 1. The van der Waals surface area contributed by atoms with Crippen molar-refractivity contribution in [1.29, 1.82) is 0 Å². The van der Waals surface area contributed by atoms with E-state index in [-0.39, 0.29) is 5.91 Å². The van der Waals surface area contributed by atoms with Gasteiger partial charge in [-0.15, -0.1) is 11.3 Å². The van der Waals surface area contributed by atoms with Gasteiger partial charge in [0.2, 0.25) is 0 Å². The van der Waals surface area contributed by atoms with Crippen LogP contribution >= 0.6 is 23.1 Å². The molecule has 1 atom stereocenters. The number of nitrogens with zero attached hydrogens (tertiary/aromatic N) is 4. The van der Waals surface area contributed by atoms with Gasteiger partial charge in [-0.05, 0) is 0 Å². The van der Waals surface area contributed by atoms with Crippen LogP contribution in [0.1, 0.15) is 42.2 Å². The van der Waals surface area contributed by atoms with Crippen LogP contribution in [0.3, 0.4) is 0 Å². The van der Waals surface area contributed by atoms with E-state index in [1.807, 2.05) is 22.0 Å². The van der Waals surface area contributed by atoms with Crippen LogP contribution in [0.15, 0.2) is 10.4 Å². The highest BCUT2D eigenvalue weighted by Crippen LogP contribution is 2.24. The van der Waals surface area contributed by atoms with Crippen molar-refractivity contribution in [1.82, 2.24) is 14.8 Å². The molecule has 1 fully saturated rings. The number of thiazole rings is 1. The average Bonchev–Trinajstić information content (AvgIpc) is 3.16. The number of amides is 1. The van der Waals surface area contributed by atoms with Gasteiger partial charge >= 0.3 is 0 Å². The molecule has 0 radical (unpaired) electrons. The van der Waals surface area contributed by atoms with Crippen LogP contribution in [-0.2, 0) is 0 Å². The Kier molecular flexibility index (Phi) is 4.73. The van der Waals surface area contributed by atoms with Crippen LogP contribution < -0.4 is 0 Å². The van der Waals surface area contributed by atoms with Crippen molar-refractivity contribution in [3.63, 3.8) is 0 Å². The second kappa shape index (κ2) is 6.58. The van der Waals surface area contributed by atoms with E-state index >= 15 is 0 Å². The molecule has 0 aliphatic carbocycles. The summed E-state index contributed by atoms with van der Waals surface area (Å²) < 4.78 is 0. The first-order chi connectivity index (χ1) is 10.5. The van der Waals surface area contributed by atoms with Crippen LogP contribution in [0.4, 0.5) is 0 Å². The molecule has 5 nitrogen and oxygen atoms in total. The Morgan fingerprint density at radius 1 is 1.32 bits per heavy atom. The number of aromatic nitrogens is 1. The maximum atomic E-state index is 12.5. The summed E-state index contributed by atoms with van der Waals surface area (Å²) in [5.74, 6) is 0.444. The molecule has 1 amide bonds. The molecule has 120 valence electrons. The topological polar surface area (TPSA) is 48.8 Å². The number of hydrogen-bond acceptors (Lipinski definition) is 6. The fraction of sp³-hybridized carbons (Fsp3) is 0.667. The number of thioether (sulfide) groups is 1. The maximum absolute atomic E-state index is 12.5. The minimum absolute atomic E-state index is 0.0668. The molecular formula is C15H22N4OS2. The molecule has 1 saturated heterocycles. The molecule has 1 aromatic heterocycles. The van der Waals surface area contributed by atoms with Gasteiger partial charge in [0.1, 0.15) is 5.69 Å². The molecule has 0 spiro atoms. The van der Waals surface area contributed by atoms with Crippen molar-refractivity contribution < 1.29 is 4.79 Å². The lowest BCUT2D eigenvalue weighted by Crippen LogP contribution is -2.50. The smallest absolute Gasteiger partial charge is 0.273 e. The van der Waals surface area contributed by atoms with Gasteiger partial charge in [-0.25, -0.2) is 4.98 Å². The molecule has 3 heterocycles. The normalized spacial score (nSPS) is 22.4. The van der Waals surface area contributed by atoms with Gasteiger partial charge in [-0.3, -0.25) is 9.79 Å². The number of hydrogen-bond donors (Lipinski definition) is 0. The lowest BCUT2D eigenvalue weighted by molar-refractivity contribution is 0.0688. The zero-order valence-electron chi connectivity index (χ0n) is 13.3. The van der Waals surface area contributed by atoms with Gasteiger partial charge in [-0.1, -0.05) is 32.5 Å². The van der Waals surface area contributed by atoms with Crippen molar-refractivity contribution in [3.05, 3.63) is 16.1 Å². The predicted molar refractivity (Wildman–Crippen MR) is 93.0 cm³/mol. The van der Waals surface area contributed by atoms with Crippen molar-refractivity contribution in [2.45, 2.75) is 31.9 Å². The monoisotopic (exact) mass is 338 g/mol. The summed E-state index contributed by atoms with van der Waals surface area (Å²) in [6.45, 7) is 10.6. The van der Waals surface area contributed by atoms with Crippen molar-refractivity contribution in [2.75, 3.05) is 32.7 Å². The predicted octanol–water partition coefficient (Wildman–Crippen LogP) is 2.52. The van der Waals surface area contributed by atoms with E-state index in [4.69, 9.17) is 0 Å². The Morgan fingerprint density at radius 3 is 2.59 bits per heavy atom. The summed E-state index contributed by atoms with van der Waals surface area (Å²) in [5, 5.41) is 4.66. The summed E-state index contributed by atoms with van der Waals surface area (Å²) in [4.78, 5) is 25.8. The number of carbonyl (C=O) groups is 1. The number of piperazine rings is 1. The van der Waals surface area contributed by atoms with Crippen LogP contribution in [-0.4, -0.2) is 63.8 Å². The van der Waals surface area contributed by atoms with Crippen LogP contribution in [0, 0.1) is 0 Å². The molecule has 0 aromatic carbocycles. The summed E-state index contributed by atoms with van der Waals surface area (Å²) >= 11 is 3.43. The quantitative estimate of drug-likeness (QED) is 0.831. The summed E-state index contributed by atoms with van der Waals surface area (Å²) in [5.41, 5.74) is 0.600. The molecule has 0 N–H and O–H groups in total. The number of amidine groups is 1.